The number of hydrogen-bond acceptors (Lipinski definition) is 4. The lowest BCUT2D eigenvalue weighted by Crippen LogP contribution is -2.47. The summed E-state index contributed by atoms with van der Waals surface area (Å²) in [6.07, 6.45) is -5.10. The van der Waals surface area contributed by atoms with Crippen molar-refractivity contribution < 1.29 is 32.2 Å². The predicted octanol–water partition coefficient (Wildman–Crippen LogP) is 2.17. The smallest absolute Gasteiger partial charge is 0.394 e. The number of alkyl halides is 3. The van der Waals surface area contributed by atoms with Crippen molar-refractivity contribution in [3.63, 3.8) is 0 Å². The number of carbonyl (C=O) groups excluding carboxylic acids is 2. The van der Waals surface area contributed by atoms with E-state index in [0.29, 0.717) is 0 Å². The Balaban J connectivity index is 2.11. The highest BCUT2D eigenvalue weighted by atomic mass is 19.4. The average molecular weight is 266 g/mol. The largest absolute Gasteiger partial charge is 0.422 e. The minimum atomic E-state index is -4.40. The topological polar surface area (TPSA) is 52.6 Å². The Hall–Kier alpha value is -1.27. The standard InChI is InChI=1S/C11H13F3O4/c1-9(2)17-7(15)6(8(16)18-9)5-10(3-4-10)11(12,13)14/h6H,3-5H2,1-2H3. The van der Waals surface area contributed by atoms with Crippen LogP contribution >= 0.6 is 0 Å². The predicted molar refractivity (Wildman–Crippen MR) is 52.1 cm³/mol. The van der Waals surface area contributed by atoms with Crippen molar-refractivity contribution in [2.45, 2.75) is 45.1 Å². The van der Waals surface area contributed by atoms with E-state index in [1.807, 2.05) is 0 Å². The zero-order valence-electron chi connectivity index (χ0n) is 9.97. The molecule has 1 aliphatic heterocycles. The number of halogens is 3. The second kappa shape index (κ2) is 3.61. The van der Waals surface area contributed by atoms with Crippen LogP contribution in [0, 0.1) is 11.3 Å². The van der Waals surface area contributed by atoms with E-state index in [4.69, 9.17) is 9.47 Å². The summed E-state index contributed by atoms with van der Waals surface area (Å²) in [6.45, 7) is 2.71. The molecule has 1 aliphatic carbocycles. The molecular formula is C11H13F3O4. The van der Waals surface area contributed by atoms with Crippen LogP contribution in [0.15, 0.2) is 0 Å². The van der Waals surface area contributed by atoms with E-state index in [1.54, 1.807) is 0 Å². The molecule has 0 radical (unpaired) electrons. The van der Waals surface area contributed by atoms with Crippen LogP contribution in [0.5, 0.6) is 0 Å². The van der Waals surface area contributed by atoms with Gasteiger partial charge in [-0.05, 0) is 19.3 Å². The molecule has 0 unspecified atom stereocenters. The normalized spacial score (nSPS) is 26.5. The van der Waals surface area contributed by atoms with Crippen LogP contribution < -0.4 is 0 Å². The summed E-state index contributed by atoms with van der Waals surface area (Å²) >= 11 is 0. The lowest BCUT2D eigenvalue weighted by atomic mass is 9.90. The van der Waals surface area contributed by atoms with Gasteiger partial charge in [0, 0.05) is 13.8 Å². The van der Waals surface area contributed by atoms with Crippen molar-refractivity contribution in [2.24, 2.45) is 11.3 Å². The molecule has 1 saturated heterocycles. The minimum absolute atomic E-state index is 0.0586. The molecular weight excluding hydrogens is 253 g/mol. The number of esters is 2. The number of cyclic esters (lactones) is 2. The lowest BCUT2D eigenvalue weighted by Gasteiger charge is -2.34. The molecule has 0 spiro atoms. The molecule has 2 rings (SSSR count). The van der Waals surface area contributed by atoms with Crippen molar-refractivity contribution >= 4 is 11.9 Å². The zero-order chi connectivity index (χ0) is 13.8. The first-order valence-corrected chi connectivity index (χ1v) is 5.59. The third-order valence-electron chi connectivity index (χ3n) is 3.31. The quantitative estimate of drug-likeness (QED) is 0.567. The van der Waals surface area contributed by atoms with Crippen LogP contribution in [-0.2, 0) is 19.1 Å². The molecule has 0 amide bonds. The highest BCUT2D eigenvalue weighted by molar-refractivity contribution is 5.96. The van der Waals surface area contributed by atoms with Crippen LogP contribution in [-0.4, -0.2) is 23.9 Å². The van der Waals surface area contributed by atoms with Gasteiger partial charge in [0.1, 0.15) is 0 Å². The number of ether oxygens (including phenoxy) is 2. The van der Waals surface area contributed by atoms with Gasteiger partial charge in [0.25, 0.3) is 5.79 Å². The molecule has 2 aliphatic rings. The Morgan fingerprint density at radius 2 is 1.61 bits per heavy atom. The average Bonchev–Trinajstić information content (AvgIpc) is 2.89. The number of hydrogen-bond donors (Lipinski definition) is 0. The molecule has 1 saturated carbocycles. The van der Waals surface area contributed by atoms with Crippen LogP contribution in [0.4, 0.5) is 13.2 Å². The van der Waals surface area contributed by atoms with Gasteiger partial charge in [-0.2, -0.15) is 13.2 Å². The first-order valence-electron chi connectivity index (χ1n) is 5.59. The van der Waals surface area contributed by atoms with Crippen molar-refractivity contribution in [1.82, 2.24) is 0 Å². The number of carbonyl (C=O) groups is 2. The van der Waals surface area contributed by atoms with Gasteiger partial charge in [-0.3, -0.25) is 9.59 Å². The minimum Gasteiger partial charge on any atom is -0.422 e. The van der Waals surface area contributed by atoms with E-state index in [2.05, 4.69) is 0 Å². The van der Waals surface area contributed by atoms with Crippen molar-refractivity contribution in [3.05, 3.63) is 0 Å². The summed E-state index contributed by atoms with van der Waals surface area (Å²) in [6, 6.07) is 0. The monoisotopic (exact) mass is 266 g/mol. The van der Waals surface area contributed by atoms with Gasteiger partial charge in [-0.1, -0.05) is 0 Å². The first kappa shape index (κ1) is 13.2. The molecule has 2 fully saturated rings. The van der Waals surface area contributed by atoms with E-state index < -0.39 is 41.7 Å². The van der Waals surface area contributed by atoms with Crippen LogP contribution in [0.2, 0.25) is 0 Å². The number of rotatable bonds is 2. The van der Waals surface area contributed by atoms with E-state index in [9.17, 15) is 22.8 Å². The third kappa shape index (κ3) is 2.18. The molecule has 1 heterocycles. The van der Waals surface area contributed by atoms with E-state index >= 15 is 0 Å². The van der Waals surface area contributed by atoms with Crippen molar-refractivity contribution in [1.29, 1.82) is 0 Å². The molecule has 0 aromatic heterocycles. The summed E-state index contributed by atoms with van der Waals surface area (Å²) in [4.78, 5) is 23.1. The summed E-state index contributed by atoms with van der Waals surface area (Å²) in [5.74, 6) is -4.75. The summed E-state index contributed by atoms with van der Waals surface area (Å²) in [5, 5.41) is 0. The van der Waals surface area contributed by atoms with Crippen molar-refractivity contribution in [3.8, 4) is 0 Å². The third-order valence-corrected chi connectivity index (χ3v) is 3.31. The molecule has 4 nitrogen and oxygen atoms in total. The fourth-order valence-corrected chi connectivity index (χ4v) is 2.06. The maximum atomic E-state index is 12.8. The fourth-order valence-electron chi connectivity index (χ4n) is 2.06. The molecule has 0 aromatic rings. The summed E-state index contributed by atoms with van der Waals surface area (Å²) in [5.41, 5.74) is -1.92. The molecule has 0 N–H and O–H groups in total. The van der Waals surface area contributed by atoms with Crippen LogP contribution in [0.1, 0.15) is 33.1 Å². The van der Waals surface area contributed by atoms with E-state index in [1.165, 1.54) is 13.8 Å². The maximum Gasteiger partial charge on any atom is 0.394 e. The molecule has 0 atom stereocenters. The Morgan fingerprint density at radius 1 is 1.17 bits per heavy atom. The van der Waals surface area contributed by atoms with Gasteiger partial charge in [-0.15, -0.1) is 0 Å². The van der Waals surface area contributed by atoms with Gasteiger partial charge < -0.3 is 9.47 Å². The first-order chi connectivity index (χ1) is 8.06. The highest BCUT2D eigenvalue weighted by Crippen LogP contribution is 2.61. The second-order valence-electron chi connectivity index (χ2n) is 5.28. The lowest BCUT2D eigenvalue weighted by molar-refractivity contribution is -0.245. The van der Waals surface area contributed by atoms with Gasteiger partial charge in [0.2, 0.25) is 0 Å². The van der Waals surface area contributed by atoms with E-state index in [0.717, 1.165) is 0 Å². The van der Waals surface area contributed by atoms with Gasteiger partial charge >= 0.3 is 18.1 Å². The molecule has 7 heteroatoms. The van der Waals surface area contributed by atoms with Gasteiger partial charge in [0.05, 0.1) is 5.41 Å². The molecule has 18 heavy (non-hydrogen) atoms. The highest BCUT2D eigenvalue weighted by Gasteiger charge is 2.65. The molecule has 102 valence electrons. The van der Waals surface area contributed by atoms with E-state index in [-0.39, 0.29) is 12.8 Å². The van der Waals surface area contributed by atoms with Crippen LogP contribution in [0.25, 0.3) is 0 Å². The Kier molecular flexibility index (Phi) is 2.64. The second-order valence-corrected chi connectivity index (χ2v) is 5.28. The van der Waals surface area contributed by atoms with Gasteiger partial charge in [-0.25, -0.2) is 0 Å². The molecule has 0 aromatic carbocycles. The van der Waals surface area contributed by atoms with Crippen LogP contribution in [0.3, 0.4) is 0 Å². The maximum absolute atomic E-state index is 12.8. The summed E-state index contributed by atoms with van der Waals surface area (Å²) in [7, 11) is 0. The summed E-state index contributed by atoms with van der Waals surface area (Å²) < 4.78 is 47.8. The zero-order valence-corrected chi connectivity index (χ0v) is 9.97. The Bertz CT molecular complexity index is 376. The SMILES string of the molecule is CC1(C)OC(=O)C(CC2(C(F)(F)F)CC2)C(=O)O1. The fraction of sp³-hybridized carbons (Fsp3) is 0.818. The Morgan fingerprint density at radius 3 is 1.94 bits per heavy atom. The Labute approximate surface area is 101 Å². The van der Waals surface area contributed by atoms with Crippen molar-refractivity contribution in [2.75, 3.05) is 0 Å². The molecule has 0 bridgehead atoms. The van der Waals surface area contributed by atoms with Gasteiger partial charge in [0.15, 0.2) is 5.92 Å².